The first-order valence-corrected chi connectivity index (χ1v) is 5.16. The van der Waals surface area contributed by atoms with Gasteiger partial charge < -0.3 is 15.6 Å². The lowest BCUT2D eigenvalue weighted by Gasteiger charge is -2.08. The molecule has 0 amide bonds. The highest BCUT2D eigenvalue weighted by Crippen LogP contribution is 2.24. The van der Waals surface area contributed by atoms with Crippen molar-refractivity contribution >= 4 is 11.9 Å². The zero-order valence-electron chi connectivity index (χ0n) is 9.62. The molecule has 0 aliphatic rings. The van der Waals surface area contributed by atoms with E-state index in [0.29, 0.717) is 17.2 Å². The minimum atomic E-state index is -1.01. The number of nitrogens with two attached hydrogens (primary N) is 1. The summed E-state index contributed by atoms with van der Waals surface area (Å²) >= 11 is 0. The van der Waals surface area contributed by atoms with Crippen molar-refractivity contribution in [1.29, 1.82) is 0 Å². The number of benzene rings is 1. The van der Waals surface area contributed by atoms with E-state index < -0.39 is 5.97 Å². The number of aromatic nitrogens is 2. The first-order chi connectivity index (χ1) is 8.56. The summed E-state index contributed by atoms with van der Waals surface area (Å²) in [5.74, 6) is 0.00275. The van der Waals surface area contributed by atoms with E-state index in [9.17, 15) is 4.79 Å². The fourth-order valence-corrected chi connectivity index (χ4v) is 1.39. The van der Waals surface area contributed by atoms with Crippen LogP contribution in [0.3, 0.4) is 0 Å². The molecule has 0 saturated heterocycles. The summed E-state index contributed by atoms with van der Waals surface area (Å²) in [5.41, 5.74) is 6.17. The summed E-state index contributed by atoms with van der Waals surface area (Å²) in [7, 11) is 0. The van der Waals surface area contributed by atoms with Crippen LogP contribution in [0.15, 0.2) is 30.5 Å². The van der Waals surface area contributed by atoms with Crippen LogP contribution in [0.1, 0.15) is 16.1 Å². The number of aryl methyl sites for hydroxylation is 1. The molecule has 1 heterocycles. The topological polar surface area (TPSA) is 98.3 Å². The van der Waals surface area contributed by atoms with Crippen molar-refractivity contribution in [3.8, 4) is 11.5 Å². The number of hydrogen-bond donors (Lipinski definition) is 2. The Morgan fingerprint density at radius 3 is 2.89 bits per heavy atom. The molecule has 2 aromatic rings. The molecule has 6 nitrogen and oxygen atoms in total. The number of ether oxygens (including phenoxy) is 1. The first-order valence-electron chi connectivity index (χ1n) is 5.16. The van der Waals surface area contributed by atoms with Crippen molar-refractivity contribution in [3.63, 3.8) is 0 Å². The molecule has 18 heavy (non-hydrogen) atoms. The van der Waals surface area contributed by atoms with Crippen molar-refractivity contribution in [3.05, 3.63) is 41.7 Å². The average Bonchev–Trinajstić information content (AvgIpc) is 2.33. The van der Waals surface area contributed by atoms with Crippen LogP contribution in [-0.4, -0.2) is 21.0 Å². The third kappa shape index (κ3) is 2.54. The second-order valence-electron chi connectivity index (χ2n) is 3.61. The van der Waals surface area contributed by atoms with Crippen molar-refractivity contribution in [2.75, 3.05) is 5.73 Å². The molecule has 0 spiro atoms. The molecule has 1 aromatic heterocycles. The van der Waals surface area contributed by atoms with Gasteiger partial charge in [0.25, 0.3) is 0 Å². The Hall–Kier alpha value is -2.63. The molecule has 0 aliphatic carbocycles. The normalized spacial score (nSPS) is 10.1. The molecular formula is C12H11N3O3. The van der Waals surface area contributed by atoms with E-state index in [1.165, 1.54) is 18.3 Å². The highest BCUT2D eigenvalue weighted by atomic mass is 16.5. The lowest BCUT2D eigenvalue weighted by atomic mass is 10.2. The predicted molar refractivity (Wildman–Crippen MR) is 64.7 cm³/mol. The van der Waals surface area contributed by atoms with Gasteiger partial charge in [-0.1, -0.05) is 6.07 Å². The van der Waals surface area contributed by atoms with E-state index in [0.717, 1.165) is 0 Å². The van der Waals surface area contributed by atoms with Crippen LogP contribution < -0.4 is 10.5 Å². The first kappa shape index (κ1) is 11.8. The van der Waals surface area contributed by atoms with Crippen LogP contribution in [0.2, 0.25) is 0 Å². The van der Waals surface area contributed by atoms with Gasteiger partial charge >= 0.3 is 5.97 Å². The lowest BCUT2D eigenvalue weighted by Crippen LogP contribution is -1.99. The van der Waals surface area contributed by atoms with Crippen LogP contribution in [0, 0.1) is 6.92 Å². The molecular weight excluding hydrogens is 234 g/mol. The van der Waals surface area contributed by atoms with Gasteiger partial charge in [-0.15, -0.1) is 0 Å². The van der Waals surface area contributed by atoms with Gasteiger partial charge in [0, 0.05) is 0 Å². The third-order valence-electron chi connectivity index (χ3n) is 2.26. The maximum Gasteiger partial charge on any atom is 0.335 e. The Kier molecular flexibility index (Phi) is 3.09. The monoisotopic (exact) mass is 245 g/mol. The summed E-state index contributed by atoms with van der Waals surface area (Å²) in [4.78, 5) is 18.6. The molecule has 0 unspecified atom stereocenters. The van der Waals surface area contributed by atoms with E-state index in [1.54, 1.807) is 19.1 Å². The number of anilines is 1. The number of rotatable bonds is 3. The van der Waals surface area contributed by atoms with E-state index in [4.69, 9.17) is 15.6 Å². The maximum absolute atomic E-state index is 10.8. The van der Waals surface area contributed by atoms with Gasteiger partial charge in [0.1, 0.15) is 5.75 Å². The van der Waals surface area contributed by atoms with E-state index in [1.807, 2.05) is 0 Å². The fraction of sp³-hybridized carbons (Fsp3) is 0.0833. The Bertz CT molecular complexity index is 599. The van der Waals surface area contributed by atoms with Gasteiger partial charge in [-0.05, 0) is 25.1 Å². The third-order valence-corrected chi connectivity index (χ3v) is 2.26. The zero-order chi connectivity index (χ0) is 13.1. The number of carboxylic acid groups (broad SMARTS) is 1. The van der Waals surface area contributed by atoms with Gasteiger partial charge in [0.2, 0.25) is 5.95 Å². The summed E-state index contributed by atoms with van der Waals surface area (Å²) < 4.78 is 5.51. The molecule has 6 heteroatoms. The molecule has 0 bridgehead atoms. The molecule has 0 fully saturated rings. The second-order valence-corrected chi connectivity index (χ2v) is 3.61. The highest BCUT2D eigenvalue weighted by Gasteiger charge is 2.07. The van der Waals surface area contributed by atoms with Gasteiger partial charge in [-0.3, -0.25) is 0 Å². The summed E-state index contributed by atoms with van der Waals surface area (Å²) in [6.45, 7) is 1.73. The summed E-state index contributed by atoms with van der Waals surface area (Å²) in [6.07, 6.45) is 1.45. The Labute approximate surface area is 103 Å². The van der Waals surface area contributed by atoms with Crippen LogP contribution in [-0.2, 0) is 0 Å². The average molecular weight is 245 g/mol. The van der Waals surface area contributed by atoms with Crippen molar-refractivity contribution in [1.82, 2.24) is 9.97 Å². The second kappa shape index (κ2) is 4.70. The minimum Gasteiger partial charge on any atom is -0.478 e. The molecule has 2 rings (SSSR count). The molecule has 0 atom stereocenters. The predicted octanol–water partition coefficient (Wildman–Crippen LogP) is 1.86. The van der Waals surface area contributed by atoms with Crippen LogP contribution in [0.25, 0.3) is 0 Å². The van der Waals surface area contributed by atoms with Crippen molar-refractivity contribution < 1.29 is 14.6 Å². The van der Waals surface area contributed by atoms with Crippen LogP contribution in [0.5, 0.6) is 11.5 Å². The quantitative estimate of drug-likeness (QED) is 0.856. The van der Waals surface area contributed by atoms with Crippen molar-refractivity contribution in [2.45, 2.75) is 6.92 Å². The maximum atomic E-state index is 10.8. The van der Waals surface area contributed by atoms with Gasteiger partial charge in [0.05, 0.1) is 17.5 Å². The molecule has 0 aliphatic heterocycles. The van der Waals surface area contributed by atoms with E-state index in [2.05, 4.69) is 9.97 Å². The molecule has 0 radical (unpaired) electrons. The van der Waals surface area contributed by atoms with Crippen LogP contribution >= 0.6 is 0 Å². The zero-order valence-corrected chi connectivity index (χ0v) is 9.62. The number of nitrogens with zero attached hydrogens (tertiary/aromatic N) is 2. The molecule has 0 saturated carbocycles. The van der Waals surface area contributed by atoms with E-state index >= 15 is 0 Å². The number of carboxylic acids is 1. The number of aromatic carboxylic acids is 1. The lowest BCUT2D eigenvalue weighted by molar-refractivity contribution is 0.0696. The number of hydrogen-bond acceptors (Lipinski definition) is 5. The molecule has 92 valence electrons. The largest absolute Gasteiger partial charge is 0.478 e. The molecule has 3 N–H and O–H groups in total. The Balaban J connectivity index is 2.28. The van der Waals surface area contributed by atoms with Gasteiger partial charge in [-0.25, -0.2) is 14.8 Å². The highest BCUT2D eigenvalue weighted by molar-refractivity contribution is 5.88. The Morgan fingerprint density at radius 2 is 2.22 bits per heavy atom. The standard InChI is InChI=1S/C12H11N3O3/c1-7-10(6-14-12(13)15-7)18-9-4-2-3-8(5-9)11(16)17/h2-6H,1H3,(H,16,17)(H2,13,14,15). The van der Waals surface area contributed by atoms with E-state index in [-0.39, 0.29) is 11.5 Å². The van der Waals surface area contributed by atoms with Crippen molar-refractivity contribution in [2.24, 2.45) is 0 Å². The molecule has 1 aromatic carbocycles. The number of carbonyl (C=O) groups is 1. The SMILES string of the molecule is Cc1nc(N)ncc1Oc1cccc(C(=O)O)c1. The number of nitrogen functional groups attached to an aromatic ring is 1. The van der Waals surface area contributed by atoms with Gasteiger partial charge in [-0.2, -0.15) is 0 Å². The summed E-state index contributed by atoms with van der Waals surface area (Å²) in [5, 5.41) is 8.87. The van der Waals surface area contributed by atoms with Crippen LogP contribution in [0.4, 0.5) is 5.95 Å². The summed E-state index contributed by atoms with van der Waals surface area (Å²) in [6, 6.07) is 6.17. The Morgan fingerprint density at radius 1 is 1.44 bits per heavy atom. The van der Waals surface area contributed by atoms with Gasteiger partial charge in [0.15, 0.2) is 5.75 Å². The minimum absolute atomic E-state index is 0.154. The fourth-order valence-electron chi connectivity index (χ4n) is 1.39. The smallest absolute Gasteiger partial charge is 0.335 e.